The van der Waals surface area contributed by atoms with Crippen molar-refractivity contribution in [1.29, 1.82) is 0 Å². The average molecular weight is 570 g/mol. The summed E-state index contributed by atoms with van der Waals surface area (Å²) >= 11 is 14.7. The van der Waals surface area contributed by atoms with Gasteiger partial charge < -0.3 is 10.2 Å². The summed E-state index contributed by atoms with van der Waals surface area (Å²) in [5.41, 5.74) is 1.65. The van der Waals surface area contributed by atoms with Crippen LogP contribution >= 0.6 is 35.0 Å². The van der Waals surface area contributed by atoms with Crippen molar-refractivity contribution in [2.24, 2.45) is 0 Å². The van der Waals surface area contributed by atoms with Crippen LogP contribution in [-0.2, 0) is 22.6 Å². The Hall–Kier alpha value is -2.47. The van der Waals surface area contributed by atoms with Crippen LogP contribution < -0.4 is 5.32 Å². The Kier molecular flexibility index (Phi) is 11.0. The molecule has 0 saturated heterocycles. The number of amides is 2. The molecule has 7 heteroatoms. The van der Waals surface area contributed by atoms with E-state index < -0.39 is 6.04 Å². The van der Waals surface area contributed by atoms with Crippen LogP contribution in [0.3, 0.4) is 0 Å². The molecule has 0 aromatic heterocycles. The first-order valence-electron chi connectivity index (χ1n) is 13.3. The Labute approximate surface area is 240 Å². The molecule has 0 unspecified atom stereocenters. The Bertz CT molecular complexity index is 1170. The lowest BCUT2D eigenvalue weighted by Gasteiger charge is -2.34. The number of carbonyl (C=O) groups excluding carboxylic acids is 2. The lowest BCUT2D eigenvalue weighted by molar-refractivity contribution is -0.141. The largest absolute Gasteiger partial charge is 0.352 e. The van der Waals surface area contributed by atoms with Crippen molar-refractivity contribution in [2.45, 2.75) is 68.5 Å². The first-order valence-corrected chi connectivity index (χ1v) is 15.0. The first kappa shape index (κ1) is 28.5. The van der Waals surface area contributed by atoms with Crippen LogP contribution in [0.4, 0.5) is 0 Å². The number of carbonyl (C=O) groups is 2. The second kappa shape index (κ2) is 14.6. The predicted molar refractivity (Wildman–Crippen MR) is 158 cm³/mol. The van der Waals surface area contributed by atoms with Crippen LogP contribution in [0.2, 0.25) is 10.0 Å². The third-order valence-corrected chi connectivity index (χ3v) is 8.66. The molecule has 0 bridgehead atoms. The number of benzene rings is 3. The molecule has 38 heavy (non-hydrogen) atoms. The highest BCUT2D eigenvalue weighted by Crippen LogP contribution is 2.28. The molecule has 1 fully saturated rings. The zero-order valence-corrected chi connectivity index (χ0v) is 23.8. The number of halogens is 2. The molecule has 0 radical (unpaired) electrons. The van der Waals surface area contributed by atoms with Gasteiger partial charge in [0.25, 0.3) is 0 Å². The summed E-state index contributed by atoms with van der Waals surface area (Å²) in [6.07, 6.45) is 6.09. The summed E-state index contributed by atoms with van der Waals surface area (Å²) in [7, 11) is 0. The van der Waals surface area contributed by atoms with Gasteiger partial charge in [0.2, 0.25) is 11.8 Å². The van der Waals surface area contributed by atoms with E-state index in [9.17, 15) is 9.59 Å². The fourth-order valence-electron chi connectivity index (χ4n) is 4.87. The topological polar surface area (TPSA) is 49.4 Å². The summed E-state index contributed by atoms with van der Waals surface area (Å²) < 4.78 is 0. The SMILES string of the molecule is O=C(NC1CCCCC1)[C@@H](Cc1ccccc1)N(Cc1c(Cl)cccc1Cl)C(=O)CCSc1ccccc1. The highest BCUT2D eigenvalue weighted by molar-refractivity contribution is 7.99. The van der Waals surface area contributed by atoms with Gasteiger partial charge in [-0.3, -0.25) is 9.59 Å². The normalized spacial score (nSPS) is 14.6. The molecular formula is C31H34Cl2N2O2S. The minimum absolute atomic E-state index is 0.0934. The van der Waals surface area contributed by atoms with Crippen LogP contribution in [0.25, 0.3) is 0 Å². The molecule has 0 heterocycles. The molecule has 4 nitrogen and oxygen atoms in total. The predicted octanol–water partition coefficient (Wildman–Crippen LogP) is 7.56. The van der Waals surface area contributed by atoms with Crippen molar-refractivity contribution in [3.05, 3.63) is 100 Å². The fourth-order valence-corrected chi connectivity index (χ4v) is 6.25. The van der Waals surface area contributed by atoms with Gasteiger partial charge in [0.1, 0.15) is 6.04 Å². The lowest BCUT2D eigenvalue weighted by Crippen LogP contribution is -2.53. The highest BCUT2D eigenvalue weighted by atomic mass is 35.5. The van der Waals surface area contributed by atoms with Gasteiger partial charge in [-0.15, -0.1) is 11.8 Å². The monoisotopic (exact) mass is 568 g/mol. The third kappa shape index (κ3) is 8.26. The standard InChI is InChI=1S/C31H34Cl2N2O2S/c32-27-17-10-18-28(33)26(27)22-35(30(36)19-20-38-25-15-8-3-9-16-25)29(21-23-11-4-1-5-12-23)31(37)34-24-13-6-2-7-14-24/h1,3-5,8-12,15-18,24,29H,2,6-7,13-14,19-22H2,(H,34,37)/t29-/m1/s1. The quantitative estimate of drug-likeness (QED) is 0.243. The summed E-state index contributed by atoms with van der Waals surface area (Å²) in [6.45, 7) is 0.170. The van der Waals surface area contributed by atoms with E-state index in [1.807, 2.05) is 60.7 Å². The zero-order chi connectivity index (χ0) is 26.7. The van der Waals surface area contributed by atoms with E-state index in [2.05, 4.69) is 5.32 Å². The average Bonchev–Trinajstić information content (AvgIpc) is 2.93. The summed E-state index contributed by atoms with van der Waals surface area (Å²) in [5, 5.41) is 4.24. The molecule has 3 aromatic rings. The Morgan fingerprint density at radius 2 is 1.50 bits per heavy atom. The van der Waals surface area contributed by atoms with Crippen LogP contribution in [0, 0.1) is 0 Å². The molecule has 0 aliphatic heterocycles. The van der Waals surface area contributed by atoms with Gasteiger partial charge in [0.05, 0.1) is 0 Å². The van der Waals surface area contributed by atoms with Crippen LogP contribution in [-0.4, -0.2) is 34.6 Å². The minimum atomic E-state index is -0.680. The van der Waals surface area contributed by atoms with Crippen LogP contribution in [0.5, 0.6) is 0 Å². The van der Waals surface area contributed by atoms with Crippen molar-refractivity contribution < 1.29 is 9.59 Å². The maximum atomic E-state index is 13.8. The molecule has 3 aromatic carbocycles. The van der Waals surface area contributed by atoms with Gasteiger partial charge in [0.15, 0.2) is 0 Å². The van der Waals surface area contributed by atoms with Gasteiger partial charge in [-0.1, -0.05) is 97.1 Å². The first-order chi connectivity index (χ1) is 18.5. The molecule has 1 atom stereocenters. The molecule has 1 saturated carbocycles. The van der Waals surface area contributed by atoms with Crippen molar-refractivity contribution in [3.8, 4) is 0 Å². The summed E-state index contributed by atoms with van der Waals surface area (Å²) in [6, 6.07) is 24.7. The van der Waals surface area contributed by atoms with E-state index in [0.717, 1.165) is 36.1 Å². The Balaban J connectivity index is 1.60. The number of thioether (sulfide) groups is 1. The number of nitrogens with one attached hydrogen (secondary N) is 1. The van der Waals surface area contributed by atoms with Crippen molar-refractivity contribution in [3.63, 3.8) is 0 Å². The van der Waals surface area contributed by atoms with Crippen molar-refractivity contribution >= 4 is 46.8 Å². The summed E-state index contributed by atoms with van der Waals surface area (Å²) in [4.78, 5) is 30.5. The molecule has 1 N–H and O–H groups in total. The van der Waals surface area contributed by atoms with Crippen molar-refractivity contribution in [2.75, 3.05) is 5.75 Å². The lowest BCUT2D eigenvalue weighted by atomic mass is 9.94. The Morgan fingerprint density at radius 3 is 2.16 bits per heavy atom. The maximum absolute atomic E-state index is 13.8. The van der Waals surface area contributed by atoms with E-state index in [-0.39, 0.29) is 24.4 Å². The Morgan fingerprint density at radius 1 is 0.868 bits per heavy atom. The van der Waals surface area contributed by atoms with E-state index >= 15 is 0 Å². The van der Waals surface area contributed by atoms with E-state index in [1.165, 1.54) is 6.42 Å². The molecule has 2 amide bonds. The smallest absolute Gasteiger partial charge is 0.243 e. The number of rotatable bonds is 11. The summed E-state index contributed by atoms with van der Waals surface area (Å²) in [5.74, 6) is 0.398. The van der Waals surface area contributed by atoms with Gasteiger partial charge in [-0.05, 0) is 42.7 Å². The molecule has 0 spiro atoms. The second-order valence-corrected chi connectivity index (χ2v) is 11.7. The molecule has 200 valence electrons. The third-order valence-electron chi connectivity index (χ3n) is 6.94. The molecular weight excluding hydrogens is 535 g/mol. The second-order valence-electron chi connectivity index (χ2n) is 9.68. The fraction of sp³-hybridized carbons (Fsp3) is 0.355. The van der Waals surface area contributed by atoms with Crippen LogP contribution in [0.15, 0.2) is 83.8 Å². The number of hydrogen-bond acceptors (Lipinski definition) is 3. The van der Waals surface area contributed by atoms with Gasteiger partial charge >= 0.3 is 0 Å². The van der Waals surface area contributed by atoms with Crippen LogP contribution in [0.1, 0.15) is 49.7 Å². The number of nitrogens with zero attached hydrogens (tertiary/aromatic N) is 1. The number of hydrogen-bond donors (Lipinski definition) is 1. The van der Waals surface area contributed by atoms with Gasteiger partial charge in [0, 0.05) is 51.7 Å². The molecule has 1 aliphatic rings. The molecule has 1 aliphatic carbocycles. The maximum Gasteiger partial charge on any atom is 0.243 e. The minimum Gasteiger partial charge on any atom is -0.352 e. The van der Waals surface area contributed by atoms with E-state index in [1.54, 1.807) is 34.9 Å². The van der Waals surface area contributed by atoms with Gasteiger partial charge in [-0.2, -0.15) is 0 Å². The highest BCUT2D eigenvalue weighted by Gasteiger charge is 2.32. The van der Waals surface area contributed by atoms with E-state index in [4.69, 9.17) is 23.2 Å². The van der Waals surface area contributed by atoms with E-state index in [0.29, 0.717) is 34.2 Å². The van der Waals surface area contributed by atoms with Crippen molar-refractivity contribution in [1.82, 2.24) is 10.2 Å². The molecule has 4 rings (SSSR count). The zero-order valence-electron chi connectivity index (χ0n) is 21.5. The van der Waals surface area contributed by atoms with Gasteiger partial charge in [-0.25, -0.2) is 0 Å².